The van der Waals surface area contributed by atoms with Gasteiger partial charge in [-0.25, -0.2) is 4.98 Å². The summed E-state index contributed by atoms with van der Waals surface area (Å²) >= 11 is 0. The van der Waals surface area contributed by atoms with Gasteiger partial charge in [-0.3, -0.25) is 24.0 Å². The second-order valence-corrected chi connectivity index (χ2v) is 7.94. The van der Waals surface area contributed by atoms with Crippen molar-refractivity contribution in [1.82, 2.24) is 25.9 Å². The molecule has 13 heteroatoms. The van der Waals surface area contributed by atoms with Crippen LogP contribution in [0.25, 0.3) is 0 Å². The van der Waals surface area contributed by atoms with Gasteiger partial charge in [0.25, 0.3) is 0 Å². The van der Waals surface area contributed by atoms with E-state index < -0.39 is 60.2 Å². The van der Waals surface area contributed by atoms with E-state index in [-0.39, 0.29) is 12.8 Å². The first-order chi connectivity index (χ1) is 16.6. The molecule has 2 aromatic rings. The van der Waals surface area contributed by atoms with Crippen molar-refractivity contribution in [2.45, 2.75) is 50.4 Å². The number of nitrogens with two attached hydrogens (primary N) is 2. The lowest BCUT2D eigenvalue weighted by molar-refractivity contribution is -0.141. The van der Waals surface area contributed by atoms with E-state index in [0.29, 0.717) is 11.3 Å². The van der Waals surface area contributed by atoms with Crippen molar-refractivity contribution in [2.75, 3.05) is 0 Å². The number of hydrogen-bond donors (Lipinski definition) is 7. The van der Waals surface area contributed by atoms with E-state index in [1.807, 2.05) is 0 Å². The fourth-order valence-electron chi connectivity index (χ4n) is 3.12. The number of benzene rings is 1. The highest BCUT2D eigenvalue weighted by atomic mass is 16.4. The Morgan fingerprint density at radius 2 is 1.57 bits per heavy atom. The second-order valence-electron chi connectivity index (χ2n) is 7.94. The molecule has 35 heavy (non-hydrogen) atoms. The van der Waals surface area contributed by atoms with E-state index in [2.05, 4.69) is 25.9 Å². The van der Waals surface area contributed by atoms with Gasteiger partial charge in [0.05, 0.1) is 18.8 Å². The van der Waals surface area contributed by atoms with E-state index in [1.165, 1.54) is 19.4 Å². The summed E-state index contributed by atoms with van der Waals surface area (Å²) in [6.07, 6.45) is 2.47. The summed E-state index contributed by atoms with van der Waals surface area (Å²) < 4.78 is 0. The summed E-state index contributed by atoms with van der Waals surface area (Å²) in [5.41, 5.74) is 12.0. The van der Waals surface area contributed by atoms with E-state index >= 15 is 0 Å². The Kier molecular flexibility index (Phi) is 9.90. The van der Waals surface area contributed by atoms with Crippen molar-refractivity contribution >= 4 is 29.6 Å². The standard InChI is InChI=1S/C22H29N7O6/c1-12(22(34)35)27-20(32)16(7-13-5-3-2-4-6-13)29-21(33)17(8-14-10-25-11-26-14)28-19(31)15(23)9-18(24)30/h2-6,10-12,15-17H,7-9,23H2,1H3,(H2,24,30)(H,25,26)(H,27,32)(H,28,31)(H,29,33)(H,34,35). The first-order valence-corrected chi connectivity index (χ1v) is 10.8. The molecule has 4 unspecified atom stereocenters. The zero-order valence-electron chi connectivity index (χ0n) is 19.1. The molecule has 0 radical (unpaired) electrons. The topological polar surface area (TPSA) is 222 Å². The minimum Gasteiger partial charge on any atom is -0.480 e. The van der Waals surface area contributed by atoms with Gasteiger partial charge < -0.3 is 37.5 Å². The molecule has 1 aromatic heterocycles. The van der Waals surface area contributed by atoms with Crippen molar-refractivity contribution < 1.29 is 29.1 Å². The third kappa shape index (κ3) is 8.89. The van der Waals surface area contributed by atoms with E-state index in [9.17, 15) is 24.0 Å². The Morgan fingerprint density at radius 1 is 0.971 bits per heavy atom. The number of aromatic amines is 1. The molecule has 188 valence electrons. The number of carbonyl (C=O) groups excluding carboxylic acids is 4. The number of nitrogens with zero attached hydrogens (tertiary/aromatic N) is 1. The van der Waals surface area contributed by atoms with Crippen LogP contribution < -0.4 is 27.4 Å². The van der Waals surface area contributed by atoms with Crippen LogP contribution in [0.3, 0.4) is 0 Å². The van der Waals surface area contributed by atoms with Crippen molar-refractivity contribution in [1.29, 1.82) is 0 Å². The van der Waals surface area contributed by atoms with Crippen molar-refractivity contribution in [3.8, 4) is 0 Å². The molecule has 13 nitrogen and oxygen atoms in total. The predicted octanol–water partition coefficient (Wildman–Crippen LogP) is -2.04. The number of aliphatic carboxylic acids is 1. The molecule has 0 fully saturated rings. The van der Waals surface area contributed by atoms with Crippen LogP contribution in [0.15, 0.2) is 42.9 Å². The molecule has 0 saturated heterocycles. The number of rotatable bonds is 13. The molecule has 4 amide bonds. The van der Waals surface area contributed by atoms with Gasteiger partial charge in [-0.15, -0.1) is 0 Å². The highest BCUT2D eigenvalue weighted by molar-refractivity contribution is 5.95. The Hall–Kier alpha value is -4.26. The third-order valence-corrected chi connectivity index (χ3v) is 5.01. The normalized spacial score (nSPS) is 14.1. The zero-order chi connectivity index (χ0) is 26.0. The summed E-state index contributed by atoms with van der Waals surface area (Å²) in [4.78, 5) is 67.5. The molecule has 9 N–H and O–H groups in total. The maximum absolute atomic E-state index is 13.2. The van der Waals surface area contributed by atoms with Gasteiger partial charge in [-0.2, -0.15) is 0 Å². The summed E-state index contributed by atoms with van der Waals surface area (Å²) in [6.45, 7) is 1.29. The maximum Gasteiger partial charge on any atom is 0.325 e. The van der Waals surface area contributed by atoms with E-state index in [1.54, 1.807) is 30.3 Å². The molecule has 0 aliphatic carbocycles. The van der Waals surface area contributed by atoms with Gasteiger partial charge in [0.15, 0.2) is 0 Å². The van der Waals surface area contributed by atoms with Crippen molar-refractivity contribution in [2.24, 2.45) is 11.5 Å². The molecule has 0 aliphatic rings. The number of H-pyrrole nitrogens is 1. The van der Waals surface area contributed by atoms with Crippen LogP contribution in [0.5, 0.6) is 0 Å². The zero-order valence-corrected chi connectivity index (χ0v) is 19.1. The number of primary amides is 1. The fraction of sp³-hybridized carbons (Fsp3) is 0.364. The van der Waals surface area contributed by atoms with Gasteiger partial charge in [-0.05, 0) is 12.5 Å². The Morgan fingerprint density at radius 3 is 2.14 bits per heavy atom. The van der Waals surface area contributed by atoms with Crippen LogP contribution in [0.4, 0.5) is 0 Å². The molecular weight excluding hydrogens is 458 g/mol. The number of carboxylic acids is 1. The molecular formula is C22H29N7O6. The summed E-state index contributed by atoms with van der Waals surface area (Å²) in [6, 6.07) is 4.00. The average Bonchev–Trinajstić information content (AvgIpc) is 3.31. The smallest absolute Gasteiger partial charge is 0.325 e. The Labute approximate surface area is 201 Å². The minimum absolute atomic E-state index is 0.0218. The molecule has 0 saturated carbocycles. The van der Waals surface area contributed by atoms with Gasteiger partial charge >= 0.3 is 5.97 Å². The molecule has 1 heterocycles. The largest absolute Gasteiger partial charge is 0.480 e. The third-order valence-electron chi connectivity index (χ3n) is 5.01. The lowest BCUT2D eigenvalue weighted by Crippen LogP contribution is -2.58. The minimum atomic E-state index is -1.27. The van der Waals surface area contributed by atoms with Crippen LogP contribution >= 0.6 is 0 Å². The molecule has 1 aromatic carbocycles. The average molecular weight is 488 g/mol. The van der Waals surface area contributed by atoms with Crippen LogP contribution in [-0.2, 0) is 36.8 Å². The number of carbonyl (C=O) groups is 5. The van der Waals surface area contributed by atoms with E-state index in [0.717, 1.165) is 0 Å². The number of hydrogen-bond acceptors (Lipinski definition) is 7. The quantitative estimate of drug-likeness (QED) is 0.166. The lowest BCUT2D eigenvalue weighted by Gasteiger charge is -2.24. The summed E-state index contributed by atoms with van der Waals surface area (Å²) in [7, 11) is 0. The van der Waals surface area contributed by atoms with Gasteiger partial charge in [0.1, 0.15) is 18.1 Å². The number of nitrogens with one attached hydrogen (secondary N) is 4. The number of aromatic nitrogens is 2. The highest BCUT2D eigenvalue weighted by Crippen LogP contribution is 2.06. The fourth-order valence-corrected chi connectivity index (χ4v) is 3.12. The van der Waals surface area contributed by atoms with Crippen molar-refractivity contribution in [3.63, 3.8) is 0 Å². The monoisotopic (exact) mass is 487 g/mol. The molecule has 0 bridgehead atoms. The second kappa shape index (κ2) is 12.8. The summed E-state index contributed by atoms with van der Waals surface area (Å²) in [5.74, 6) is -4.25. The van der Waals surface area contributed by atoms with Crippen LogP contribution in [-0.4, -0.2) is 68.8 Å². The van der Waals surface area contributed by atoms with Crippen LogP contribution in [0.1, 0.15) is 24.6 Å². The number of amides is 4. The van der Waals surface area contributed by atoms with Crippen LogP contribution in [0.2, 0.25) is 0 Å². The lowest BCUT2D eigenvalue weighted by atomic mass is 10.0. The number of carboxylic acid groups (broad SMARTS) is 1. The van der Waals surface area contributed by atoms with Crippen LogP contribution in [0, 0.1) is 0 Å². The number of imidazole rings is 1. The predicted molar refractivity (Wildman–Crippen MR) is 123 cm³/mol. The Balaban J connectivity index is 2.23. The van der Waals surface area contributed by atoms with Crippen molar-refractivity contribution in [3.05, 3.63) is 54.1 Å². The first-order valence-electron chi connectivity index (χ1n) is 10.8. The van der Waals surface area contributed by atoms with E-state index in [4.69, 9.17) is 16.6 Å². The molecule has 2 rings (SSSR count). The molecule has 4 atom stereocenters. The Bertz CT molecular complexity index is 1030. The highest BCUT2D eigenvalue weighted by Gasteiger charge is 2.30. The SMILES string of the molecule is CC(NC(=O)C(Cc1ccccc1)NC(=O)C(Cc1cnc[nH]1)NC(=O)C(N)CC(N)=O)C(=O)O. The molecule has 0 spiro atoms. The van der Waals surface area contributed by atoms with Gasteiger partial charge in [0, 0.05) is 24.7 Å². The van der Waals surface area contributed by atoms with Gasteiger partial charge in [-0.1, -0.05) is 30.3 Å². The van der Waals surface area contributed by atoms with Gasteiger partial charge in [0.2, 0.25) is 23.6 Å². The maximum atomic E-state index is 13.2. The molecule has 0 aliphatic heterocycles. The first kappa shape index (κ1) is 27.0. The summed E-state index contributed by atoms with van der Waals surface area (Å²) in [5, 5.41) is 16.5.